The number of nitrogens with zero attached hydrogens (tertiary/aromatic N) is 1. The third kappa shape index (κ3) is 5.63. The fourth-order valence-electron chi connectivity index (χ4n) is 1.50. The van der Waals surface area contributed by atoms with Gasteiger partial charge >= 0.3 is 0 Å². The maximum Gasteiger partial charge on any atom is 0.244 e. The molecule has 0 radical (unpaired) electrons. The van der Waals surface area contributed by atoms with Crippen LogP contribution in [0.15, 0.2) is 24.4 Å². The molecule has 0 aliphatic carbocycles. The number of hydrogen-bond acceptors (Lipinski definition) is 4. The van der Waals surface area contributed by atoms with Crippen molar-refractivity contribution >= 4 is 35.3 Å². The van der Waals surface area contributed by atoms with E-state index in [1.807, 2.05) is 13.2 Å². The topological polar surface area (TPSA) is 62.2 Å². The summed E-state index contributed by atoms with van der Waals surface area (Å²) >= 11 is 7.27. The Morgan fingerprint density at radius 3 is 3.00 bits per heavy atom. The van der Waals surface area contributed by atoms with E-state index in [9.17, 15) is 4.79 Å². The summed E-state index contributed by atoms with van der Waals surface area (Å²) < 4.78 is 0. The number of nitrogens with one attached hydrogen (secondary N) is 1. The van der Waals surface area contributed by atoms with Gasteiger partial charge < -0.3 is 10.4 Å². The summed E-state index contributed by atoms with van der Waals surface area (Å²) in [5.41, 5.74) is 0.811. The predicted octanol–water partition coefficient (Wildman–Crippen LogP) is 1.98. The number of aromatic nitrogens is 1. The van der Waals surface area contributed by atoms with E-state index in [0.29, 0.717) is 5.15 Å². The van der Waals surface area contributed by atoms with Crippen LogP contribution in [-0.4, -0.2) is 40.2 Å². The first kappa shape index (κ1) is 16.0. The van der Waals surface area contributed by atoms with Crippen LogP contribution in [-0.2, 0) is 4.79 Å². The number of rotatable bonds is 6. The molecule has 2 atom stereocenters. The van der Waals surface area contributed by atoms with E-state index in [4.69, 9.17) is 16.7 Å². The lowest BCUT2D eigenvalue weighted by Gasteiger charge is -2.20. The monoisotopic (exact) mass is 300 g/mol. The zero-order chi connectivity index (χ0) is 14.3. The summed E-state index contributed by atoms with van der Waals surface area (Å²) in [7, 11) is 0. The SMILES string of the molecule is CSC(CO)C(C)NC(=O)/C=C/c1ccnc(Cl)c1. The Balaban J connectivity index is 2.55. The number of hydrogen-bond donors (Lipinski definition) is 2. The normalized spacial score (nSPS) is 14.3. The largest absolute Gasteiger partial charge is 0.395 e. The fourth-order valence-corrected chi connectivity index (χ4v) is 2.30. The van der Waals surface area contributed by atoms with Crippen molar-refractivity contribution in [2.75, 3.05) is 12.9 Å². The van der Waals surface area contributed by atoms with E-state index >= 15 is 0 Å². The Bertz CT molecular complexity index is 450. The first-order chi connectivity index (χ1) is 9.06. The van der Waals surface area contributed by atoms with Gasteiger partial charge in [-0.25, -0.2) is 4.98 Å². The van der Waals surface area contributed by atoms with Crippen LogP contribution in [0.25, 0.3) is 6.08 Å². The Kier molecular flexibility index (Phi) is 6.91. The zero-order valence-corrected chi connectivity index (χ0v) is 12.4. The molecule has 2 unspecified atom stereocenters. The average molecular weight is 301 g/mol. The van der Waals surface area contributed by atoms with Gasteiger partial charge in [0.1, 0.15) is 5.15 Å². The Hall–Kier alpha value is -1.04. The third-order valence-corrected chi connectivity index (χ3v) is 3.96. The van der Waals surface area contributed by atoms with Crippen molar-refractivity contribution in [3.8, 4) is 0 Å². The molecule has 0 aliphatic heterocycles. The fraction of sp³-hybridized carbons (Fsp3) is 0.385. The van der Waals surface area contributed by atoms with Crippen molar-refractivity contribution < 1.29 is 9.90 Å². The summed E-state index contributed by atoms with van der Waals surface area (Å²) in [6.07, 6.45) is 6.59. The molecule has 1 rings (SSSR count). The van der Waals surface area contributed by atoms with Gasteiger partial charge in [0.25, 0.3) is 0 Å². The van der Waals surface area contributed by atoms with Crippen LogP contribution in [0.5, 0.6) is 0 Å². The van der Waals surface area contributed by atoms with Crippen molar-refractivity contribution in [1.82, 2.24) is 10.3 Å². The summed E-state index contributed by atoms with van der Waals surface area (Å²) in [4.78, 5) is 15.6. The van der Waals surface area contributed by atoms with E-state index < -0.39 is 0 Å². The van der Waals surface area contributed by atoms with Crippen molar-refractivity contribution in [2.45, 2.75) is 18.2 Å². The average Bonchev–Trinajstić information content (AvgIpc) is 2.38. The van der Waals surface area contributed by atoms with E-state index in [0.717, 1.165) is 5.56 Å². The summed E-state index contributed by atoms with van der Waals surface area (Å²) in [5, 5.41) is 12.3. The van der Waals surface area contributed by atoms with E-state index in [1.165, 1.54) is 17.8 Å². The number of aliphatic hydroxyl groups excluding tert-OH is 1. The van der Waals surface area contributed by atoms with Gasteiger partial charge in [-0.1, -0.05) is 11.6 Å². The number of pyridine rings is 1. The lowest BCUT2D eigenvalue weighted by atomic mass is 10.2. The number of thioether (sulfide) groups is 1. The van der Waals surface area contributed by atoms with Crippen LogP contribution in [0.2, 0.25) is 5.15 Å². The van der Waals surface area contributed by atoms with Gasteiger partial charge in [0.2, 0.25) is 5.91 Å². The van der Waals surface area contributed by atoms with Gasteiger partial charge in [-0.2, -0.15) is 11.8 Å². The first-order valence-electron chi connectivity index (χ1n) is 5.80. The van der Waals surface area contributed by atoms with Crippen molar-refractivity contribution in [3.63, 3.8) is 0 Å². The maximum absolute atomic E-state index is 11.7. The van der Waals surface area contributed by atoms with Crippen LogP contribution in [0, 0.1) is 0 Å². The van der Waals surface area contributed by atoms with E-state index in [1.54, 1.807) is 24.4 Å². The van der Waals surface area contributed by atoms with Crippen LogP contribution in [0.3, 0.4) is 0 Å². The number of aliphatic hydroxyl groups is 1. The number of carbonyl (C=O) groups excluding carboxylic acids is 1. The van der Waals surface area contributed by atoms with Crippen molar-refractivity contribution in [3.05, 3.63) is 35.1 Å². The quantitative estimate of drug-likeness (QED) is 0.623. The molecule has 0 bridgehead atoms. The molecule has 1 heterocycles. The minimum Gasteiger partial charge on any atom is -0.395 e. The third-order valence-electron chi connectivity index (χ3n) is 2.59. The number of halogens is 1. The molecule has 0 fully saturated rings. The Morgan fingerprint density at radius 2 is 2.42 bits per heavy atom. The molecular formula is C13H17ClN2O2S. The van der Waals surface area contributed by atoms with E-state index in [-0.39, 0.29) is 23.8 Å². The maximum atomic E-state index is 11.7. The minimum absolute atomic E-state index is 0.00674. The van der Waals surface area contributed by atoms with Crippen LogP contribution < -0.4 is 5.32 Å². The molecule has 2 N–H and O–H groups in total. The second-order valence-electron chi connectivity index (χ2n) is 4.00. The van der Waals surface area contributed by atoms with Gasteiger partial charge in [-0.05, 0) is 37.0 Å². The van der Waals surface area contributed by atoms with Gasteiger partial charge in [0.05, 0.1) is 6.61 Å². The Labute approximate surface area is 122 Å². The molecule has 0 saturated heterocycles. The molecular weight excluding hydrogens is 284 g/mol. The highest BCUT2D eigenvalue weighted by atomic mass is 35.5. The Morgan fingerprint density at radius 1 is 1.68 bits per heavy atom. The smallest absolute Gasteiger partial charge is 0.244 e. The van der Waals surface area contributed by atoms with Crippen molar-refractivity contribution in [2.24, 2.45) is 0 Å². The summed E-state index contributed by atoms with van der Waals surface area (Å²) in [6, 6.07) is 3.34. The molecule has 104 valence electrons. The highest BCUT2D eigenvalue weighted by molar-refractivity contribution is 7.99. The molecule has 0 aliphatic rings. The minimum atomic E-state index is -0.201. The second kappa shape index (κ2) is 8.19. The number of carbonyl (C=O) groups is 1. The summed E-state index contributed by atoms with van der Waals surface area (Å²) in [6.45, 7) is 1.90. The highest BCUT2D eigenvalue weighted by Gasteiger charge is 2.15. The molecule has 1 aromatic heterocycles. The number of amides is 1. The second-order valence-corrected chi connectivity index (χ2v) is 5.46. The molecule has 0 saturated carbocycles. The van der Waals surface area contributed by atoms with E-state index in [2.05, 4.69) is 10.3 Å². The molecule has 4 nitrogen and oxygen atoms in total. The van der Waals surface area contributed by atoms with Crippen molar-refractivity contribution in [1.29, 1.82) is 0 Å². The molecule has 1 amide bonds. The molecule has 0 aromatic carbocycles. The van der Waals surface area contributed by atoms with Crippen LogP contribution >= 0.6 is 23.4 Å². The summed E-state index contributed by atoms with van der Waals surface area (Å²) in [5.74, 6) is -0.201. The zero-order valence-electron chi connectivity index (χ0n) is 10.8. The highest BCUT2D eigenvalue weighted by Crippen LogP contribution is 2.11. The van der Waals surface area contributed by atoms with Gasteiger partial charge in [0, 0.05) is 23.6 Å². The molecule has 19 heavy (non-hydrogen) atoms. The standard InChI is InChI=1S/C13H17ClN2O2S/c1-9(11(8-17)19-2)16-13(18)4-3-10-5-6-15-12(14)7-10/h3-7,9,11,17H,8H2,1-2H3,(H,16,18)/b4-3+. The van der Waals surface area contributed by atoms with Gasteiger partial charge in [-0.3, -0.25) is 4.79 Å². The first-order valence-corrected chi connectivity index (χ1v) is 7.47. The molecule has 0 spiro atoms. The molecule has 1 aromatic rings. The molecule has 6 heteroatoms. The predicted molar refractivity (Wildman–Crippen MR) is 80.3 cm³/mol. The van der Waals surface area contributed by atoms with Gasteiger partial charge in [0.15, 0.2) is 0 Å². The lowest BCUT2D eigenvalue weighted by Crippen LogP contribution is -2.40. The van der Waals surface area contributed by atoms with Crippen LogP contribution in [0.4, 0.5) is 0 Å². The lowest BCUT2D eigenvalue weighted by molar-refractivity contribution is -0.117. The van der Waals surface area contributed by atoms with Crippen LogP contribution in [0.1, 0.15) is 12.5 Å². The van der Waals surface area contributed by atoms with Gasteiger partial charge in [-0.15, -0.1) is 0 Å².